The molecule has 7 nitrogen and oxygen atoms in total. The van der Waals surface area contributed by atoms with Gasteiger partial charge in [-0.1, -0.05) is 30.3 Å². The molecule has 0 aliphatic carbocycles. The lowest BCUT2D eigenvalue weighted by Gasteiger charge is -2.15. The van der Waals surface area contributed by atoms with Crippen LogP contribution in [0.3, 0.4) is 0 Å². The second-order valence-electron chi connectivity index (χ2n) is 6.58. The molecule has 0 aliphatic heterocycles. The Morgan fingerprint density at radius 2 is 1.82 bits per heavy atom. The molecule has 1 aromatic heterocycles. The first-order valence-corrected chi connectivity index (χ1v) is 8.61. The molecule has 7 heteroatoms. The first-order chi connectivity index (χ1) is 13.3. The Hall–Kier alpha value is -3.61. The number of carbonyl (C=O) groups is 2. The minimum absolute atomic E-state index is 0.0504. The number of phenols is 1. The third kappa shape index (κ3) is 3.73. The molecule has 144 valence electrons. The van der Waals surface area contributed by atoms with Gasteiger partial charge in [-0.3, -0.25) is 4.79 Å². The Morgan fingerprint density at radius 3 is 2.46 bits per heavy atom. The van der Waals surface area contributed by atoms with Crippen LogP contribution in [0.15, 0.2) is 51.7 Å². The van der Waals surface area contributed by atoms with Crippen molar-refractivity contribution in [1.82, 2.24) is 5.32 Å². The fraction of sp³-hybridized carbons (Fsp3) is 0.190. The number of amides is 1. The smallest absolute Gasteiger partial charge is 0.340 e. The number of hydrogen-bond acceptors (Lipinski definition) is 5. The van der Waals surface area contributed by atoms with Crippen LogP contribution < -0.4 is 10.9 Å². The second-order valence-corrected chi connectivity index (χ2v) is 6.58. The van der Waals surface area contributed by atoms with E-state index in [0.717, 1.165) is 5.56 Å². The molecule has 1 heterocycles. The molecular weight excluding hydrogens is 362 g/mol. The van der Waals surface area contributed by atoms with Gasteiger partial charge in [0.15, 0.2) is 6.04 Å². The number of phenolic OH excluding ortho intramolecular Hbond substituents is 1. The van der Waals surface area contributed by atoms with Crippen LogP contribution in [0.5, 0.6) is 5.75 Å². The van der Waals surface area contributed by atoms with Gasteiger partial charge in [0.1, 0.15) is 11.3 Å². The molecule has 0 fully saturated rings. The molecule has 0 saturated carbocycles. The monoisotopic (exact) mass is 381 g/mol. The summed E-state index contributed by atoms with van der Waals surface area (Å²) in [7, 11) is 0. The molecule has 1 amide bonds. The van der Waals surface area contributed by atoms with Crippen LogP contribution in [0.2, 0.25) is 0 Å². The van der Waals surface area contributed by atoms with E-state index >= 15 is 0 Å². The normalized spacial score (nSPS) is 11.9. The van der Waals surface area contributed by atoms with Crippen molar-refractivity contribution in [2.24, 2.45) is 0 Å². The van der Waals surface area contributed by atoms with Crippen LogP contribution in [0.1, 0.15) is 28.3 Å². The Balaban J connectivity index is 1.93. The van der Waals surface area contributed by atoms with Crippen LogP contribution in [0, 0.1) is 13.8 Å². The topological polar surface area (TPSA) is 117 Å². The molecule has 28 heavy (non-hydrogen) atoms. The Kier molecular flexibility index (Phi) is 5.17. The SMILES string of the molecule is Cc1cc(O)c2c(C)c(CC(=O)N[C@@H](C(=O)O)c3ccccc3)c(=O)oc2c1. The first-order valence-electron chi connectivity index (χ1n) is 8.61. The zero-order valence-corrected chi connectivity index (χ0v) is 15.4. The summed E-state index contributed by atoms with van der Waals surface area (Å²) in [6, 6.07) is 10.2. The van der Waals surface area contributed by atoms with Crippen LogP contribution in [-0.2, 0) is 16.0 Å². The number of carboxylic acid groups (broad SMARTS) is 1. The van der Waals surface area contributed by atoms with E-state index in [1.165, 1.54) is 6.07 Å². The summed E-state index contributed by atoms with van der Waals surface area (Å²) in [6.07, 6.45) is -0.367. The highest BCUT2D eigenvalue weighted by Crippen LogP contribution is 2.30. The van der Waals surface area contributed by atoms with Gasteiger partial charge in [-0.15, -0.1) is 0 Å². The number of aliphatic carboxylic acids is 1. The highest BCUT2D eigenvalue weighted by molar-refractivity contribution is 5.90. The van der Waals surface area contributed by atoms with Crippen molar-refractivity contribution < 1.29 is 24.2 Å². The zero-order chi connectivity index (χ0) is 20.4. The summed E-state index contributed by atoms with van der Waals surface area (Å²) in [6.45, 7) is 3.37. The standard InChI is InChI=1S/C21H19NO6/c1-11-8-15(23)18-12(2)14(21(27)28-16(18)9-11)10-17(24)22-19(20(25)26)13-6-4-3-5-7-13/h3-9,19,23H,10H2,1-2H3,(H,22,24)(H,25,26)/t19-/m1/s1. The van der Waals surface area contributed by atoms with Crippen molar-refractivity contribution in [3.05, 3.63) is 75.1 Å². The van der Waals surface area contributed by atoms with E-state index in [1.54, 1.807) is 50.2 Å². The molecule has 3 aromatic rings. The van der Waals surface area contributed by atoms with Gasteiger partial charge in [0, 0.05) is 0 Å². The second kappa shape index (κ2) is 7.56. The maximum absolute atomic E-state index is 12.5. The molecule has 0 radical (unpaired) electrons. The van der Waals surface area contributed by atoms with Crippen molar-refractivity contribution in [2.75, 3.05) is 0 Å². The van der Waals surface area contributed by atoms with Crippen LogP contribution in [-0.4, -0.2) is 22.1 Å². The average molecular weight is 381 g/mol. The number of aromatic hydroxyl groups is 1. The fourth-order valence-electron chi connectivity index (χ4n) is 3.17. The number of carbonyl (C=O) groups excluding carboxylic acids is 1. The third-order valence-electron chi connectivity index (χ3n) is 4.52. The number of carboxylic acids is 1. The summed E-state index contributed by atoms with van der Waals surface area (Å²) in [5.41, 5.74) is 1.17. The molecular formula is C21H19NO6. The van der Waals surface area contributed by atoms with E-state index in [4.69, 9.17) is 4.42 Å². The lowest BCUT2D eigenvalue weighted by Crippen LogP contribution is -2.35. The summed E-state index contributed by atoms with van der Waals surface area (Å²) < 4.78 is 5.26. The molecule has 0 unspecified atom stereocenters. The van der Waals surface area contributed by atoms with Crippen molar-refractivity contribution in [3.8, 4) is 5.75 Å². The molecule has 2 aromatic carbocycles. The van der Waals surface area contributed by atoms with Gasteiger partial charge in [-0.25, -0.2) is 9.59 Å². The number of fused-ring (bicyclic) bond motifs is 1. The van der Waals surface area contributed by atoms with Gasteiger partial charge in [-0.2, -0.15) is 0 Å². The van der Waals surface area contributed by atoms with Gasteiger partial charge < -0.3 is 19.9 Å². The summed E-state index contributed by atoms with van der Waals surface area (Å²) in [5, 5.41) is 22.4. The predicted molar refractivity (Wildman–Crippen MR) is 102 cm³/mol. The van der Waals surface area contributed by atoms with Crippen molar-refractivity contribution >= 4 is 22.8 Å². The van der Waals surface area contributed by atoms with E-state index in [9.17, 15) is 24.6 Å². The number of rotatable bonds is 5. The highest BCUT2D eigenvalue weighted by Gasteiger charge is 2.24. The van der Waals surface area contributed by atoms with E-state index in [0.29, 0.717) is 16.5 Å². The van der Waals surface area contributed by atoms with Crippen molar-refractivity contribution in [3.63, 3.8) is 0 Å². The van der Waals surface area contributed by atoms with E-state index in [1.807, 2.05) is 0 Å². The lowest BCUT2D eigenvalue weighted by atomic mass is 10.0. The summed E-state index contributed by atoms with van der Waals surface area (Å²) in [4.78, 5) is 36.4. The molecule has 3 rings (SSSR count). The summed E-state index contributed by atoms with van der Waals surface area (Å²) >= 11 is 0. The van der Waals surface area contributed by atoms with E-state index < -0.39 is 23.5 Å². The third-order valence-corrected chi connectivity index (χ3v) is 4.52. The summed E-state index contributed by atoms with van der Waals surface area (Å²) in [5.74, 6) is -1.90. The van der Waals surface area contributed by atoms with Gasteiger partial charge >= 0.3 is 11.6 Å². The Bertz CT molecular complexity index is 1120. The minimum Gasteiger partial charge on any atom is -0.507 e. The molecule has 0 bridgehead atoms. The highest BCUT2D eigenvalue weighted by atomic mass is 16.4. The predicted octanol–water partition coefficient (Wildman–Crippen LogP) is 2.60. The maximum Gasteiger partial charge on any atom is 0.340 e. The van der Waals surface area contributed by atoms with Gasteiger partial charge in [0.05, 0.1) is 17.4 Å². The number of hydrogen-bond donors (Lipinski definition) is 3. The molecule has 1 atom stereocenters. The largest absolute Gasteiger partial charge is 0.507 e. The van der Waals surface area contributed by atoms with Gasteiger partial charge in [0.2, 0.25) is 5.91 Å². The number of aryl methyl sites for hydroxylation is 2. The van der Waals surface area contributed by atoms with Gasteiger partial charge in [-0.05, 0) is 42.7 Å². The van der Waals surface area contributed by atoms with Crippen LogP contribution in [0.4, 0.5) is 0 Å². The Morgan fingerprint density at radius 1 is 1.14 bits per heavy atom. The van der Waals surface area contributed by atoms with Crippen LogP contribution in [0.25, 0.3) is 11.0 Å². The number of benzene rings is 2. The van der Waals surface area contributed by atoms with E-state index in [2.05, 4.69) is 5.32 Å². The molecule has 0 spiro atoms. The van der Waals surface area contributed by atoms with Crippen molar-refractivity contribution in [1.29, 1.82) is 0 Å². The molecule has 0 saturated heterocycles. The Labute approximate surface area is 160 Å². The number of nitrogens with one attached hydrogen (secondary N) is 1. The molecule has 0 aliphatic rings. The van der Waals surface area contributed by atoms with Crippen LogP contribution >= 0.6 is 0 Å². The lowest BCUT2D eigenvalue weighted by molar-refractivity contribution is -0.142. The molecule has 3 N–H and O–H groups in total. The van der Waals surface area contributed by atoms with Gasteiger partial charge in [0.25, 0.3) is 0 Å². The minimum atomic E-state index is -1.24. The fourth-order valence-corrected chi connectivity index (χ4v) is 3.17. The first kappa shape index (κ1) is 19.2. The van der Waals surface area contributed by atoms with Crippen molar-refractivity contribution in [2.45, 2.75) is 26.3 Å². The van der Waals surface area contributed by atoms with E-state index in [-0.39, 0.29) is 23.3 Å². The quantitative estimate of drug-likeness (QED) is 0.585. The zero-order valence-electron chi connectivity index (χ0n) is 15.4. The maximum atomic E-state index is 12.5. The average Bonchev–Trinajstić information content (AvgIpc) is 2.62.